The summed E-state index contributed by atoms with van der Waals surface area (Å²) < 4.78 is 0. The maximum atomic E-state index is 14.0. The zero-order valence-electron chi connectivity index (χ0n) is 25.1. The van der Waals surface area contributed by atoms with Crippen LogP contribution in [0.3, 0.4) is 0 Å². The molecule has 5 aliphatic carbocycles. The van der Waals surface area contributed by atoms with Gasteiger partial charge in [0.15, 0.2) is 5.78 Å². The lowest BCUT2D eigenvalue weighted by Gasteiger charge is -2.72. The Morgan fingerprint density at radius 3 is 2.24 bits per heavy atom. The highest BCUT2D eigenvalue weighted by Gasteiger charge is 2.71. The molecule has 206 valence electrons. The number of Topliss-reactive ketones (excluding diaryl/α,β-unsaturated/α-hetero) is 1. The summed E-state index contributed by atoms with van der Waals surface area (Å²) in [6.07, 6.45) is 14.9. The van der Waals surface area contributed by atoms with Crippen LogP contribution in [0.1, 0.15) is 106 Å². The van der Waals surface area contributed by atoms with E-state index in [4.69, 9.17) is 0 Å². The Hall–Kier alpha value is -1.38. The number of ketones is 2. The number of hydrogen-bond acceptors (Lipinski definition) is 3. The highest BCUT2D eigenvalue weighted by atomic mass is 16.1. The zero-order valence-corrected chi connectivity index (χ0v) is 25.1. The molecule has 0 aromatic carbocycles. The van der Waals surface area contributed by atoms with Crippen LogP contribution in [0.5, 0.6) is 0 Å². The van der Waals surface area contributed by atoms with Gasteiger partial charge >= 0.3 is 0 Å². The van der Waals surface area contributed by atoms with E-state index in [2.05, 4.69) is 48.1 Å². The lowest BCUT2D eigenvalue weighted by molar-refractivity contribution is -0.232. The van der Waals surface area contributed by atoms with Crippen LogP contribution >= 0.6 is 0 Å². The van der Waals surface area contributed by atoms with Crippen molar-refractivity contribution in [3.8, 4) is 0 Å². The van der Waals surface area contributed by atoms with Crippen molar-refractivity contribution in [2.45, 2.75) is 106 Å². The van der Waals surface area contributed by atoms with E-state index in [0.717, 1.165) is 38.5 Å². The summed E-state index contributed by atoms with van der Waals surface area (Å²) in [5.41, 5.74) is 1.60. The summed E-state index contributed by atoms with van der Waals surface area (Å²) in [5, 5.41) is 0. The van der Waals surface area contributed by atoms with E-state index >= 15 is 0 Å². The van der Waals surface area contributed by atoms with E-state index in [1.807, 2.05) is 31.3 Å². The van der Waals surface area contributed by atoms with Crippen LogP contribution in [0.15, 0.2) is 24.4 Å². The number of allylic oxidation sites excluding steroid dienone is 2. The van der Waals surface area contributed by atoms with E-state index in [1.54, 1.807) is 0 Å². The third-order valence-electron chi connectivity index (χ3n) is 13.8. The van der Waals surface area contributed by atoms with Gasteiger partial charge in [-0.15, -0.1) is 0 Å². The summed E-state index contributed by atoms with van der Waals surface area (Å²) in [6.45, 7) is 19.0. The monoisotopic (exact) mass is 507 g/mol. The topological polar surface area (TPSA) is 37.4 Å². The highest BCUT2D eigenvalue weighted by Crippen LogP contribution is 2.77. The van der Waals surface area contributed by atoms with E-state index in [1.165, 1.54) is 31.3 Å². The minimum absolute atomic E-state index is 0.199. The molecule has 0 amide bonds. The van der Waals surface area contributed by atoms with E-state index in [-0.39, 0.29) is 27.1 Å². The molecule has 0 radical (unpaired) electrons. The van der Waals surface area contributed by atoms with Gasteiger partial charge in [-0.2, -0.15) is 0 Å². The third kappa shape index (κ3) is 3.50. The van der Waals surface area contributed by atoms with Crippen LogP contribution in [0, 0.1) is 56.7 Å². The summed E-state index contributed by atoms with van der Waals surface area (Å²) in [6, 6.07) is 0. The Balaban J connectivity index is 1.55. The number of hydrogen-bond donors (Lipinski definition) is 0. The molecule has 0 N–H and O–H groups in total. The normalized spacial score (nSPS) is 48.5. The van der Waals surface area contributed by atoms with E-state index < -0.39 is 0 Å². The lowest BCUT2D eigenvalue weighted by Crippen LogP contribution is -2.66. The molecular weight excluding hydrogens is 454 g/mol. The Bertz CT molecular complexity index is 1020. The van der Waals surface area contributed by atoms with Gasteiger partial charge in [-0.05, 0) is 117 Å². The molecule has 0 aromatic heterocycles. The molecule has 0 saturated heterocycles. The van der Waals surface area contributed by atoms with E-state index in [0.29, 0.717) is 41.2 Å². The summed E-state index contributed by atoms with van der Waals surface area (Å²) in [4.78, 5) is 29.0. The molecule has 5 rings (SSSR count). The standard InChI is InChI=1S/C34H53NO2/c1-22(2)23-12-18-34(28(37)15-21-35(8)9)20-19-32(6)24(29(23)34)10-11-26-31(5)16-14-27(36)30(3,4)25(31)13-17-33(26,32)7/h15,21,23-26,29H,1,10-14,16-20H2,2-9H3/b21-15+/t23-,24+,25-,26+,29+,31-,32+,33+,34+/m0/s1. The van der Waals surface area contributed by atoms with Gasteiger partial charge in [0.25, 0.3) is 0 Å². The fraction of sp³-hybridized carbons (Fsp3) is 0.824. The second-order valence-corrected chi connectivity index (χ2v) is 15.6. The maximum Gasteiger partial charge on any atom is 0.163 e. The van der Waals surface area contributed by atoms with Crippen molar-refractivity contribution in [2.75, 3.05) is 14.1 Å². The van der Waals surface area contributed by atoms with Crippen LogP contribution in [0.25, 0.3) is 0 Å². The molecule has 3 heteroatoms. The molecule has 0 bridgehead atoms. The Morgan fingerprint density at radius 1 is 0.892 bits per heavy atom. The number of carbonyl (C=O) groups is 2. The first-order valence-corrected chi connectivity index (χ1v) is 15.2. The third-order valence-corrected chi connectivity index (χ3v) is 13.8. The quantitative estimate of drug-likeness (QED) is 0.287. The zero-order chi connectivity index (χ0) is 27.2. The largest absolute Gasteiger partial charge is 0.383 e. The Kier molecular flexibility index (Phi) is 6.29. The Morgan fingerprint density at radius 2 is 1.59 bits per heavy atom. The van der Waals surface area contributed by atoms with Gasteiger partial charge < -0.3 is 4.90 Å². The van der Waals surface area contributed by atoms with Gasteiger partial charge in [0.2, 0.25) is 0 Å². The maximum absolute atomic E-state index is 14.0. The van der Waals surface area contributed by atoms with Crippen molar-refractivity contribution in [3.05, 3.63) is 24.4 Å². The molecule has 9 atom stereocenters. The van der Waals surface area contributed by atoms with Crippen LogP contribution in [-0.2, 0) is 9.59 Å². The highest BCUT2D eigenvalue weighted by molar-refractivity contribution is 5.95. The molecule has 5 saturated carbocycles. The van der Waals surface area contributed by atoms with Crippen molar-refractivity contribution in [2.24, 2.45) is 56.7 Å². The first-order chi connectivity index (χ1) is 17.1. The number of fused-ring (bicyclic) bond motifs is 7. The molecule has 0 aliphatic heterocycles. The van der Waals surface area contributed by atoms with Gasteiger partial charge in [-0.25, -0.2) is 0 Å². The smallest absolute Gasteiger partial charge is 0.163 e. The predicted octanol–water partition coefficient (Wildman–Crippen LogP) is 7.86. The summed E-state index contributed by atoms with van der Waals surface area (Å²) in [7, 11) is 4.00. The molecule has 37 heavy (non-hydrogen) atoms. The lowest BCUT2D eigenvalue weighted by atomic mass is 9.32. The van der Waals surface area contributed by atoms with Crippen LogP contribution in [0.2, 0.25) is 0 Å². The minimum Gasteiger partial charge on any atom is -0.383 e. The molecule has 0 unspecified atom stereocenters. The molecule has 5 aliphatic rings. The van der Waals surface area contributed by atoms with Crippen LogP contribution < -0.4 is 0 Å². The predicted molar refractivity (Wildman–Crippen MR) is 152 cm³/mol. The van der Waals surface area contributed by atoms with Gasteiger partial charge in [0.1, 0.15) is 5.78 Å². The average Bonchev–Trinajstić information content (AvgIpc) is 3.22. The van der Waals surface area contributed by atoms with Crippen LogP contribution in [-0.4, -0.2) is 30.6 Å². The van der Waals surface area contributed by atoms with E-state index in [9.17, 15) is 9.59 Å². The van der Waals surface area contributed by atoms with Crippen molar-refractivity contribution < 1.29 is 9.59 Å². The van der Waals surface area contributed by atoms with Gasteiger partial charge in [-0.1, -0.05) is 46.8 Å². The fourth-order valence-corrected chi connectivity index (χ4v) is 11.7. The first kappa shape index (κ1) is 27.2. The molecule has 3 nitrogen and oxygen atoms in total. The summed E-state index contributed by atoms with van der Waals surface area (Å²) in [5.74, 6) is 3.45. The van der Waals surface area contributed by atoms with Gasteiger partial charge in [0, 0.05) is 37.5 Å². The van der Waals surface area contributed by atoms with Gasteiger partial charge in [0.05, 0.1) is 0 Å². The van der Waals surface area contributed by atoms with Crippen molar-refractivity contribution >= 4 is 11.6 Å². The molecule has 0 aromatic rings. The second-order valence-electron chi connectivity index (χ2n) is 15.6. The fourth-order valence-electron chi connectivity index (χ4n) is 11.7. The van der Waals surface area contributed by atoms with Crippen molar-refractivity contribution in [1.82, 2.24) is 4.90 Å². The second kappa shape index (κ2) is 8.56. The van der Waals surface area contributed by atoms with Crippen molar-refractivity contribution in [3.63, 3.8) is 0 Å². The first-order valence-electron chi connectivity index (χ1n) is 15.2. The van der Waals surface area contributed by atoms with Crippen molar-refractivity contribution in [1.29, 1.82) is 0 Å². The molecular formula is C34H53NO2. The number of carbonyl (C=O) groups excluding carboxylic acids is 2. The number of rotatable bonds is 4. The van der Waals surface area contributed by atoms with Crippen LogP contribution in [0.4, 0.5) is 0 Å². The molecule has 0 spiro atoms. The number of nitrogens with zero attached hydrogens (tertiary/aromatic N) is 1. The minimum atomic E-state index is -0.218. The average molecular weight is 508 g/mol. The van der Waals surface area contributed by atoms with Gasteiger partial charge in [-0.3, -0.25) is 9.59 Å². The Labute approximate surface area is 226 Å². The molecule has 0 heterocycles. The molecule has 5 fully saturated rings. The summed E-state index contributed by atoms with van der Waals surface area (Å²) >= 11 is 0. The SMILES string of the molecule is C=C(C)[C@@H]1CC[C@]2(C(=O)/C=C/N(C)C)CC[C@]3(C)[C@H](CC[C@@H]4[C@@]5(C)CCC(=O)C(C)(C)[C@@H]5CC[C@]43C)[C@@H]12.